The number of aryl methyl sites for hydroxylation is 2. The van der Waals surface area contributed by atoms with E-state index in [0.29, 0.717) is 25.3 Å². The van der Waals surface area contributed by atoms with Crippen molar-refractivity contribution in [3.05, 3.63) is 41.7 Å². The highest BCUT2D eigenvalue weighted by Crippen LogP contribution is 2.31. The Labute approximate surface area is 143 Å². The van der Waals surface area contributed by atoms with Gasteiger partial charge in [0, 0.05) is 6.54 Å². The molecular weight excluding hydrogens is 324 g/mol. The molecule has 0 aliphatic carbocycles. The van der Waals surface area contributed by atoms with Crippen molar-refractivity contribution in [1.29, 1.82) is 0 Å². The van der Waals surface area contributed by atoms with Gasteiger partial charge in [-0.15, -0.1) is 0 Å². The predicted molar refractivity (Wildman–Crippen MR) is 93.7 cm³/mol. The number of carbonyl (C=O) groups is 1. The van der Waals surface area contributed by atoms with E-state index in [2.05, 4.69) is 21.0 Å². The first-order valence-corrected chi connectivity index (χ1v) is 8.81. The maximum absolute atomic E-state index is 12.3. The Kier molecular flexibility index (Phi) is 3.72. The third kappa shape index (κ3) is 2.65. The lowest BCUT2D eigenvalue weighted by Crippen LogP contribution is -2.53. The number of hydrogen-bond donors (Lipinski definition) is 0. The normalized spacial score (nSPS) is 14.8. The zero-order valence-corrected chi connectivity index (χ0v) is 14.4. The summed E-state index contributed by atoms with van der Waals surface area (Å²) >= 11 is 1.67. The third-order valence-corrected chi connectivity index (χ3v) is 5.18. The minimum atomic E-state index is -0.300. The molecular formula is C17H18N4O2S. The Bertz CT molecular complexity index is 862. The van der Waals surface area contributed by atoms with Crippen molar-refractivity contribution in [2.24, 2.45) is 0 Å². The van der Waals surface area contributed by atoms with Crippen LogP contribution in [0.2, 0.25) is 0 Å². The zero-order chi connectivity index (χ0) is 16.7. The molecule has 6 nitrogen and oxygen atoms in total. The van der Waals surface area contributed by atoms with E-state index in [1.165, 1.54) is 4.70 Å². The summed E-state index contributed by atoms with van der Waals surface area (Å²) in [5.41, 5.74) is 2.36. The lowest BCUT2D eigenvalue weighted by molar-refractivity contribution is 0.0220. The monoisotopic (exact) mass is 342 g/mol. The molecule has 1 aliphatic rings. The van der Waals surface area contributed by atoms with Crippen molar-refractivity contribution in [3.63, 3.8) is 0 Å². The standard InChI is InChI=1S/C17H18N4O2S/c1-3-21-14(8-11(2)19-21)16(22)23-12-9-20(10-12)17-18-13-6-4-5-7-15(13)24-17/h4-8,12H,3,9-10H2,1-2H3. The summed E-state index contributed by atoms with van der Waals surface area (Å²) in [5, 5.41) is 5.27. The Hall–Kier alpha value is -2.41. The summed E-state index contributed by atoms with van der Waals surface area (Å²) in [7, 11) is 0. The second kappa shape index (κ2) is 5.90. The fourth-order valence-electron chi connectivity index (χ4n) is 2.83. The zero-order valence-electron chi connectivity index (χ0n) is 13.6. The molecule has 0 atom stereocenters. The van der Waals surface area contributed by atoms with Gasteiger partial charge in [0.1, 0.15) is 11.8 Å². The van der Waals surface area contributed by atoms with Crippen LogP contribution in [0.4, 0.5) is 5.13 Å². The first kappa shape index (κ1) is 15.1. The molecule has 0 saturated carbocycles. The van der Waals surface area contributed by atoms with Crippen LogP contribution in [-0.2, 0) is 11.3 Å². The first-order valence-electron chi connectivity index (χ1n) is 8.00. The Balaban J connectivity index is 1.39. The van der Waals surface area contributed by atoms with E-state index in [9.17, 15) is 4.79 Å². The SMILES string of the molecule is CCn1nc(C)cc1C(=O)OC1CN(c2nc3ccccc3s2)C1. The average molecular weight is 342 g/mol. The minimum Gasteiger partial charge on any atom is -0.454 e. The number of ether oxygens (including phenoxy) is 1. The summed E-state index contributed by atoms with van der Waals surface area (Å²) in [4.78, 5) is 19.1. The Morgan fingerprint density at radius 1 is 1.38 bits per heavy atom. The van der Waals surface area contributed by atoms with Crippen LogP contribution in [0.5, 0.6) is 0 Å². The molecule has 0 spiro atoms. The highest BCUT2D eigenvalue weighted by Gasteiger charge is 2.33. The van der Waals surface area contributed by atoms with E-state index in [1.54, 1.807) is 22.1 Å². The smallest absolute Gasteiger partial charge is 0.357 e. The molecule has 0 unspecified atom stereocenters. The van der Waals surface area contributed by atoms with Crippen LogP contribution in [0.25, 0.3) is 10.2 Å². The molecule has 3 aromatic rings. The number of hydrogen-bond acceptors (Lipinski definition) is 6. The molecule has 2 aromatic heterocycles. The van der Waals surface area contributed by atoms with E-state index >= 15 is 0 Å². The summed E-state index contributed by atoms with van der Waals surface area (Å²) in [6.45, 7) is 5.86. The van der Waals surface area contributed by atoms with E-state index in [1.807, 2.05) is 32.0 Å². The molecule has 1 saturated heterocycles. The van der Waals surface area contributed by atoms with Crippen molar-refractivity contribution < 1.29 is 9.53 Å². The number of aromatic nitrogens is 3. The second-order valence-electron chi connectivity index (χ2n) is 5.88. The topological polar surface area (TPSA) is 60.3 Å². The number of anilines is 1. The molecule has 0 bridgehead atoms. The van der Waals surface area contributed by atoms with Gasteiger partial charge in [-0.05, 0) is 32.0 Å². The van der Waals surface area contributed by atoms with Gasteiger partial charge >= 0.3 is 5.97 Å². The van der Waals surface area contributed by atoms with Crippen LogP contribution in [0.3, 0.4) is 0 Å². The largest absolute Gasteiger partial charge is 0.454 e. The maximum Gasteiger partial charge on any atom is 0.357 e. The molecule has 7 heteroatoms. The van der Waals surface area contributed by atoms with Gasteiger partial charge in [0.15, 0.2) is 5.13 Å². The molecule has 0 radical (unpaired) electrons. The van der Waals surface area contributed by atoms with Crippen LogP contribution in [-0.4, -0.2) is 39.9 Å². The van der Waals surface area contributed by atoms with E-state index in [4.69, 9.17) is 4.74 Å². The quantitative estimate of drug-likeness (QED) is 0.682. The maximum atomic E-state index is 12.3. The molecule has 1 aromatic carbocycles. The van der Waals surface area contributed by atoms with Gasteiger partial charge < -0.3 is 9.64 Å². The molecule has 4 rings (SSSR count). The summed E-state index contributed by atoms with van der Waals surface area (Å²) < 4.78 is 8.45. The van der Waals surface area contributed by atoms with Crippen molar-refractivity contribution in [2.45, 2.75) is 26.5 Å². The lowest BCUT2D eigenvalue weighted by atomic mass is 10.2. The van der Waals surface area contributed by atoms with Gasteiger partial charge in [-0.25, -0.2) is 9.78 Å². The van der Waals surface area contributed by atoms with Gasteiger partial charge in [-0.1, -0.05) is 23.5 Å². The molecule has 24 heavy (non-hydrogen) atoms. The number of rotatable bonds is 4. The fourth-order valence-corrected chi connectivity index (χ4v) is 3.81. The second-order valence-corrected chi connectivity index (χ2v) is 6.89. The summed E-state index contributed by atoms with van der Waals surface area (Å²) in [6, 6.07) is 9.87. The van der Waals surface area contributed by atoms with E-state index in [-0.39, 0.29) is 12.1 Å². The molecule has 124 valence electrons. The Morgan fingerprint density at radius 3 is 2.92 bits per heavy atom. The minimum absolute atomic E-state index is 0.0926. The third-order valence-electron chi connectivity index (χ3n) is 4.09. The molecule has 0 amide bonds. The lowest BCUT2D eigenvalue weighted by Gasteiger charge is -2.38. The van der Waals surface area contributed by atoms with E-state index < -0.39 is 0 Å². The van der Waals surface area contributed by atoms with Crippen LogP contribution >= 0.6 is 11.3 Å². The molecule has 0 N–H and O–H groups in total. The van der Waals surface area contributed by atoms with Gasteiger partial charge in [-0.2, -0.15) is 5.10 Å². The average Bonchev–Trinajstić information content (AvgIpc) is 3.12. The summed E-state index contributed by atoms with van der Waals surface area (Å²) in [5.74, 6) is -0.300. The van der Waals surface area contributed by atoms with Gasteiger partial charge in [0.25, 0.3) is 0 Å². The van der Waals surface area contributed by atoms with Crippen molar-refractivity contribution in [2.75, 3.05) is 18.0 Å². The highest BCUT2D eigenvalue weighted by atomic mass is 32.1. The van der Waals surface area contributed by atoms with Crippen LogP contribution < -0.4 is 4.90 Å². The van der Waals surface area contributed by atoms with Gasteiger partial charge in [0.2, 0.25) is 0 Å². The van der Waals surface area contributed by atoms with Crippen LogP contribution in [0.1, 0.15) is 23.1 Å². The fraction of sp³-hybridized carbons (Fsp3) is 0.353. The highest BCUT2D eigenvalue weighted by molar-refractivity contribution is 7.22. The van der Waals surface area contributed by atoms with E-state index in [0.717, 1.165) is 16.3 Å². The van der Waals surface area contributed by atoms with Crippen molar-refractivity contribution >= 4 is 32.7 Å². The molecule has 1 aliphatic heterocycles. The Morgan fingerprint density at radius 2 is 2.17 bits per heavy atom. The number of fused-ring (bicyclic) bond motifs is 1. The van der Waals surface area contributed by atoms with Gasteiger partial charge in [-0.3, -0.25) is 4.68 Å². The summed E-state index contributed by atoms with van der Waals surface area (Å²) in [6.07, 6.45) is -0.0926. The number of nitrogens with zero attached hydrogens (tertiary/aromatic N) is 4. The van der Waals surface area contributed by atoms with Gasteiger partial charge in [0.05, 0.1) is 29.0 Å². The van der Waals surface area contributed by atoms with Crippen molar-refractivity contribution in [3.8, 4) is 0 Å². The number of carbonyl (C=O) groups excluding carboxylic acids is 1. The number of benzene rings is 1. The first-order chi connectivity index (χ1) is 11.6. The molecule has 3 heterocycles. The number of esters is 1. The predicted octanol–water partition coefficient (Wildman–Crippen LogP) is 2.87. The van der Waals surface area contributed by atoms with Crippen LogP contribution in [0, 0.1) is 6.92 Å². The van der Waals surface area contributed by atoms with Crippen molar-refractivity contribution in [1.82, 2.24) is 14.8 Å². The molecule has 1 fully saturated rings. The number of thiazole rings is 1. The van der Waals surface area contributed by atoms with Crippen LogP contribution in [0.15, 0.2) is 30.3 Å². The number of para-hydroxylation sites is 1.